The van der Waals surface area contributed by atoms with Gasteiger partial charge in [-0.15, -0.1) is 0 Å². The monoisotopic (exact) mass is 330 g/mol. The van der Waals surface area contributed by atoms with Gasteiger partial charge in [0.05, 0.1) is 12.0 Å². The molecule has 1 aromatic carbocycles. The number of rotatable bonds is 7. The predicted octanol–water partition coefficient (Wildman–Crippen LogP) is 2.31. The fourth-order valence-electron chi connectivity index (χ4n) is 4.99. The van der Waals surface area contributed by atoms with E-state index in [9.17, 15) is 9.90 Å². The molecule has 24 heavy (non-hydrogen) atoms. The number of carbonyl (C=O) groups excluding carboxylic acids is 1. The Balaban J connectivity index is 1.92. The number of nitrogens with zero attached hydrogens (tertiary/aromatic N) is 2. The largest absolute Gasteiger partial charge is 0.395 e. The Morgan fingerprint density at radius 3 is 2.75 bits per heavy atom. The first-order chi connectivity index (χ1) is 11.6. The van der Waals surface area contributed by atoms with Crippen LogP contribution in [0.2, 0.25) is 0 Å². The van der Waals surface area contributed by atoms with E-state index < -0.39 is 0 Å². The molecule has 2 aliphatic rings. The summed E-state index contributed by atoms with van der Waals surface area (Å²) < 4.78 is 0. The number of aliphatic hydroxyl groups is 1. The first-order valence-corrected chi connectivity index (χ1v) is 9.28. The molecule has 0 aromatic heterocycles. The van der Waals surface area contributed by atoms with Gasteiger partial charge in [-0.1, -0.05) is 37.3 Å². The first kappa shape index (κ1) is 17.4. The average Bonchev–Trinajstić information content (AvgIpc) is 3.11. The number of likely N-dealkylation sites (N-methyl/N-ethyl adjacent to an activating group) is 1. The quantitative estimate of drug-likeness (QED) is 0.834. The number of amides is 1. The van der Waals surface area contributed by atoms with Crippen molar-refractivity contribution >= 4 is 5.91 Å². The van der Waals surface area contributed by atoms with Crippen LogP contribution in [0, 0.1) is 5.41 Å². The third-order valence-corrected chi connectivity index (χ3v) is 5.93. The van der Waals surface area contributed by atoms with E-state index in [1.54, 1.807) is 4.90 Å². The van der Waals surface area contributed by atoms with Gasteiger partial charge < -0.3 is 10.0 Å². The second kappa shape index (κ2) is 7.24. The fourth-order valence-corrected chi connectivity index (χ4v) is 4.99. The lowest BCUT2D eigenvalue weighted by molar-refractivity contribution is -0.143. The van der Waals surface area contributed by atoms with Gasteiger partial charge in [-0.3, -0.25) is 9.69 Å². The third-order valence-electron chi connectivity index (χ3n) is 5.93. The summed E-state index contributed by atoms with van der Waals surface area (Å²) in [6.07, 6.45) is 5.24. The summed E-state index contributed by atoms with van der Waals surface area (Å²) in [4.78, 5) is 17.7. The van der Waals surface area contributed by atoms with E-state index in [1.807, 2.05) is 13.1 Å². The zero-order chi connectivity index (χ0) is 17.2. The molecule has 132 valence electrons. The van der Waals surface area contributed by atoms with Crippen LogP contribution in [-0.4, -0.2) is 59.6 Å². The van der Waals surface area contributed by atoms with Crippen molar-refractivity contribution in [3.8, 4) is 0 Å². The van der Waals surface area contributed by atoms with Gasteiger partial charge in [0, 0.05) is 25.7 Å². The van der Waals surface area contributed by atoms with Gasteiger partial charge in [-0.05, 0) is 44.2 Å². The van der Waals surface area contributed by atoms with Crippen molar-refractivity contribution in [3.63, 3.8) is 0 Å². The summed E-state index contributed by atoms with van der Waals surface area (Å²) in [6, 6.07) is 11.3. The van der Waals surface area contributed by atoms with E-state index in [1.165, 1.54) is 12.0 Å². The van der Waals surface area contributed by atoms with Crippen molar-refractivity contribution < 1.29 is 9.90 Å². The summed E-state index contributed by atoms with van der Waals surface area (Å²) in [5.74, 6) is 0.216. The van der Waals surface area contributed by atoms with Crippen LogP contribution in [0.3, 0.4) is 0 Å². The number of aliphatic hydroxyl groups excluding tert-OH is 1. The first-order valence-electron chi connectivity index (χ1n) is 9.28. The van der Waals surface area contributed by atoms with E-state index in [0.29, 0.717) is 18.6 Å². The second-order valence-corrected chi connectivity index (χ2v) is 7.46. The molecule has 4 heteroatoms. The number of fused-ring (bicyclic) bond motifs is 2. The van der Waals surface area contributed by atoms with E-state index in [2.05, 4.69) is 36.1 Å². The van der Waals surface area contributed by atoms with Gasteiger partial charge >= 0.3 is 0 Å². The van der Waals surface area contributed by atoms with Crippen molar-refractivity contribution in [2.45, 2.75) is 51.1 Å². The van der Waals surface area contributed by atoms with Crippen LogP contribution >= 0.6 is 0 Å². The molecule has 1 N–H and O–H groups in total. The molecule has 3 atom stereocenters. The topological polar surface area (TPSA) is 43.8 Å². The minimum absolute atomic E-state index is 0.0242. The molecular formula is C20H30N2O2. The van der Waals surface area contributed by atoms with Crippen molar-refractivity contribution in [1.29, 1.82) is 0 Å². The highest BCUT2D eigenvalue weighted by atomic mass is 16.3. The second-order valence-electron chi connectivity index (χ2n) is 7.46. The van der Waals surface area contributed by atoms with Gasteiger partial charge in [0.1, 0.15) is 0 Å². The Morgan fingerprint density at radius 1 is 1.33 bits per heavy atom. The molecule has 0 spiro atoms. The Bertz CT molecular complexity index is 562. The zero-order valence-corrected chi connectivity index (χ0v) is 14.9. The van der Waals surface area contributed by atoms with Gasteiger partial charge in [0.2, 0.25) is 5.91 Å². The highest BCUT2D eigenvalue weighted by Crippen LogP contribution is 2.52. The summed E-state index contributed by atoms with van der Waals surface area (Å²) >= 11 is 0. The van der Waals surface area contributed by atoms with Crippen LogP contribution in [0.1, 0.15) is 38.2 Å². The Kier molecular flexibility index (Phi) is 5.26. The minimum Gasteiger partial charge on any atom is -0.395 e. The van der Waals surface area contributed by atoms with E-state index in [-0.39, 0.29) is 17.9 Å². The normalized spacial score (nSPS) is 29.1. The van der Waals surface area contributed by atoms with Crippen LogP contribution < -0.4 is 0 Å². The standard InChI is InChI=1S/C20H30N2O2/c1-3-11-22-17-9-10-18(22)20(15-17,19(24)21(2)12-13-23)14-16-7-5-4-6-8-16/h4-8,17-18,23H,3,9-15H2,1-2H3/t17-,18+,20+/m0/s1. The van der Waals surface area contributed by atoms with E-state index in [0.717, 1.165) is 32.2 Å². The van der Waals surface area contributed by atoms with Crippen molar-refractivity contribution in [2.75, 3.05) is 26.7 Å². The maximum Gasteiger partial charge on any atom is 0.230 e. The predicted molar refractivity (Wildman–Crippen MR) is 95.7 cm³/mol. The molecule has 2 heterocycles. The van der Waals surface area contributed by atoms with Crippen molar-refractivity contribution in [1.82, 2.24) is 9.80 Å². The van der Waals surface area contributed by atoms with Crippen molar-refractivity contribution in [3.05, 3.63) is 35.9 Å². The molecule has 0 aliphatic carbocycles. The Morgan fingerprint density at radius 2 is 2.08 bits per heavy atom. The van der Waals surface area contributed by atoms with Crippen LogP contribution in [0.5, 0.6) is 0 Å². The number of carbonyl (C=O) groups is 1. The minimum atomic E-state index is -0.330. The molecule has 0 radical (unpaired) electrons. The summed E-state index contributed by atoms with van der Waals surface area (Å²) in [6.45, 7) is 3.75. The number of hydrogen-bond acceptors (Lipinski definition) is 3. The molecule has 2 bridgehead atoms. The lowest BCUT2D eigenvalue weighted by atomic mass is 9.69. The lowest BCUT2D eigenvalue weighted by Crippen LogP contribution is -2.51. The van der Waals surface area contributed by atoms with E-state index in [4.69, 9.17) is 0 Å². The Labute approximate surface area is 145 Å². The van der Waals surface area contributed by atoms with Crippen LogP contribution in [0.4, 0.5) is 0 Å². The zero-order valence-electron chi connectivity index (χ0n) is 14.9. The molecule has 3 rings (SSSR count). The molecule has 4 nitrogen and oxygen atoms in total. The van der Waals surface area contributed by atoms with Crippen LogP contribution in [0.25, 0.3) is 0 Å². The molecule has 1 aromatic rings. The van der Waals surface area contributed by atoms with Gasteiger partial charge in [-0.2, -0.15) is 0 Å². The summed E-state index contributed by atoms with van der Waals surface area (Å²) in [5.41, 5.74) is 0.913. The van der Waals surface area contributed by atoms with E-state index >= 15 is 0 Å². The average molecular weight is 330 g/mol. The Hall–Kier alpha value is -1.39. The van der Waals surface area contributed by atoms with Crippen molar-refractivity contribution in [2.24, 2.45) is 5.41 Å². The molecule has 0 saturated carbocycles. The summed E-state index contributed by atoms with van der Waals surface area (Å²) in [5, 5.41) is 9.27. The number of benzene rings is 1. The van der Waals surface area contributed by atoms with Gasteiger partial charge in [0.25, 0.3) is 0 Å². The lowest BCUT2D eigenvalue weighted by Gasteiger charge is -2.39. The fraction of sp³-hybridized carbons (Fsp3) is 0.650. The molecule has 2 aliphatic heterocycles. The van der Waals surface area contributed by atoms with Gasteiger partial charge in [0.15, 0.2) is 0 Å². The maximum absolute atomic E-state index is 13.4. The third kappa shape index (κ3) is 2.98. The number of hydrogen-bond donors (Lipinski definition) is 1. The van der Waals surface area contributed by atoms with Crippen LogP contribution in [-0.2, 0) is 11.2 Å². The summed E-state index contributed by atoms with van der Waals surface area (Å²) in [7, 11) is 1.83. The molecule has 2 fully saturated rings. The smallest absolute Gasteiger partial charge is 0.230 e. The highest BCUT2D eigenvalue weighted by Gasteiger charge is 2.59. The SMILES string of the molecule is CCCN1[C@H]2CC[C@@H]1[C@](Cc1ccccc1)(C(=O)N(C)CCO)C2. The van der Waals surface area contributed by atoms with Gasteiger partial charge in [-0.25, -0.2) is 0 Å². The maximum atomic E-state index is 13.4. The molecule has 2 saturated heterocycles. The molecule has 0 unspecified atom stereocenters. The molecular weight excluding hydrogens is 300 g/mol. The molecule has 1 amide bonds. The highest BCUT2D eigenvalue weighted by molar-refractivity contribution is 5.84. The van der Waals surface area contributed by atoms with Crippen LogP contribution in [0.15, 0.2) is 30.3 Å².